The molecule has 0 saturated carbocycles. The van der Waals surface area contributed by atoms with Gasteiger partial charge in [-0.15, -0.1) is 0 Å². The molecule has 1 saturated heterocycles. The number of aliphatic carboxylic acids is 1. The second kappa shape index (κ2) is 5.69. The smallest absolute Gasteiger partial charge is 0.307 e. The molecular weight excluding hydrogens is 308 g/mol. The van der Waals surface area contributed by atoms with Crippen LogP contribution in [0.1, 0.15) is 19.4 Å². The van der Waals surface area contributed by atoms with Gasteiger partial charge in [0.2, 0.25) is 15.9 Å². The van der Waals surface area contributed by atoms with Gasteiger partial charge in [-0.05, 0) is 31.5 Å². The van der Waals surface area contributed by atoms with E-state index in [0.717, 1.165) is 4.31 Å². The lowest BCUT2D eigenvalue weighted by Crippen LogP contribution is -2.61. The molecule has 2 N–H and O–H groups in total. The van der Waals surface area contributed by atoms with Crippen molar-refractivity contribution in [1.82, 2.24) is 9.62 Å². The molecule has 2 rings (SSSR count). The number of piperazine rings is 1. The molecule has 0 bridgehead atoms. The highest BCUT2D eigenvalue weighted by molar-refractivity contribution is 7.89. The lowest BCUT2D eigenvalue weighted by molar-refractivity contribution is -0.136. The minimum atomic E-state index is -3.88. The van der Waals surface area contributed by atoms with Crippen molar-refractivity contribution in [2.24, 2.45) is 0 Å². The second-order valence-corrected chi connectivity index (χ2v) is 7.68. The molecule has 1 heterocycles. The van der Waals surface area contributed by atoms with Gasteiger partial charge in [-0.2, -0.15) is 4.31 Å². The largest absolute Gasteiger partial charge is 0.481 e. The quantitative estimate of drug-likeness (QED) is 0.823. The second-order valence-electron chi connectivity index (χ2n) is 5.82. The van der Waals surface area contributed by atoms with Crippen molar-refractivity contribution in [3.63, 3.8) is 0 Å². The van der Waals surface area contributed by atoms with Crippen LogP contribution in [0.5, 0.6) is 0 Å². The van der Waals surface area contributed by atoms with E-state index in [2.05, 4.69) is 5.32 Å². The molecule has 0 atom stereocenters. The molecule has 120 valence electrons. The summed E-state index contributed by atoms with van der Waals surface area (Å²) in [5.41, 5.74) is -0.358. The summed E-state index contributed by atoms with van der Waals surface area (Å²) in [7, 11) is -3.88. The number of carboxylic acid groups (broad SMARTS) is 1. The van der Waals surface area contributed by atoms with Crippen LogP contribution in [0, 0.1) is 0 Å². The zero-order valence-corrected chi connectivity index (χ0v) is 13.2. The monoisotopic (exact) mass is 326 g/mol. The van der Waals surface area contributed by atoms with Gasteiger partial charge in [0.25, 0.3) is 0 Å². The molecule has 1 amide bonds. The van der Waals surface area contributed by atoms with Crippen molar-refractivity contribution in [2.75, 3.05) is 13.1 Å². The molecule has 1 aliphatic heterocycles. The first-order valence-corrected chi connectivity index (χ1v) is 8.17. The van der Waals surface area contributed by atoms with E-state index in [-0.39, 0.29) is 30.3 Å². The number of rotatable bonds is 4. The van der Waals surface area contributed by atoms with Crippen LogP contribution in [-0.4, -0.2) is 48.3 Å². The molecular formula is C14H18N2O5S. The number of sulfonamides is 1. The number of benzene rings is 1. The molecule has 1 aromatic carbocycles. The van der Waals surface area contributed by atoms with Gasteiger partial charge >= 0.3 is 5.97 Å². The lowest BCUT2D eigenvalue weighted by Gasteiger charge is -2.40. The summed E-state index contributed by atoms with van der Waals surface area (Å²) in [5, 5.41) is 11.5. The van der Waals surface area contributed by atoms with E-state index in [4.69, 9.17) is 5.11 Å². The maximum absolute atomic E-state index is 12.8. The molecule has 7 nitrogen and oxygen atoms in total. The van der Waals surface area contributed by atoms with E-state index in [1.54, 1.807) is 19.9 Å². The summed E-state index contributed by atoms with van der Waals surface area (Å²) < 4.78 is 26.7. The first kappa shape index (κ1) is 16.4. The van der Waals surface area contributed by atoms with Crippen LogP contribution in [0.2, 0.25) is 0 Å². The van der Waals surface area contributed by atoms with Gasteiger partial charge in [-0.25, -0.2) is 8.42 Å². The molecule has 22 heavy (non-hydrogen) atoms. The van der Waals surface area contributed by atoms with Crippen molar-refractivity contribution in [2.45, 2.75) is 30.7 Å². The van der Waals surface area contributed by atoms with E-state index in [9.17, 15) is 18.0 Å². The molecule has 0 aromatic heterocycles. The highest BCUT2D eigenvalue weighted by Crippen LogP contribution is 2.26. The Morgan fingerprint density at radius 1 is 1.41 bits per heavy atom. The van der Waals surface area contributed by atoms with Crippen molar-refractivity contribution in [1.29, 1.82) is 0 Å². The SMILES string of the molecule is CC1(C)CNC(=O)CN1S(=O)(=O)c1cccc(CC(=O)O)c1. The number of hydrogen-bond acceptors (Lipinski definition) is 4. The third-order valence-corrected chi connectivity index (χ3v) is 5.58. The number of carbonyl (C=O) groups is 2. The zero-order chi connectivity index (χ0) is 16.5. The molecule has 1 aliphatic rings. The van der Waals surface area contributed by atoms with E-state index < -0.39 is 21.5 Å². The van der Waals surface area contributed by atoms with Crippen LogP contribution in [0.4, 0.5) is 0 Å². The number of hydrogen-bond donors (Lipinski definition) is 2. The predicted molar refractivity (Wildman–Crippen MR) is 78.8 cm³/mol. The van der Waals surface area contributed by atoms with Crippen LogP contribution in [0.15, 0.2) is 29.2 Å². The Kier molecular flexibility index (Phi) is 4.25. The summed E-state index contributed by atoms with van der Waals surface area (Å²) in [5.74, 6) is -1.39. The average molecular weight is 326 g/mol. The topological polar surface area (TPSA) is 104 Å². The highest BCUT2D eigenvalue weighted by Gasteiger charge is 2.41. The minimum Gasteiger partial charge on any atom is -0.481 e. The molecule has 0 unspecified atom stereocenters. The Morgan fingerprint density at radius 2 is 2.09 bits per heavy atom. The fourth-order valence-corrected chi connectivity index (χ4v) is 4.14. The zero-order valence-electron chi connectivity index (χ0n) is 12.4. The summed E-state index contributed by atoms with van der Waals surface area (Å²) in [6.07, 6.45) is -0.257. The molecule has 1 aromatic rings. The molecule has 0 aliphatic carbocycles. The maximum Gasteiger partial charge on any atom is 0.307 e. The fraction of sp³-hybridized carbons (Fsp3) is 0.429. The number of amides is 1. The van der Waals surface area contributed by atoms with Crippen molar-refractivity contribution >= 4 is 21.9 Å². The van der Waals surface area contributed by atoms with E-state index in [1.165, 1.54) is 18.2 Å². The van der Waals surface area contributed by atoms with Crippen LogP contribution < -0.4 is 5.32 Å². The Labute approximate surface area is 129 Å². The van der Waals surface area contributed by atoms with Gasteiger partial charge in [0.1, 0.15) is 0 Å². The van der Waals surface area contributed by atoms with Gasteiger partial charge in [0, 0.05) is 12.1 Å². The Hall–Kier alpha value is -1.93. The van der Waals surface area contributed by atoms with Gasteiger partial charge in [-0.3, -0.25) is 9.59 Å². The van der Waals surface area contributed by atoms with Gasteiger partial charge in [0.15, 0.2) is 0 Å². The summed E-state index contributed by atoms with van der Waals surface area (Å²) in [6, 6.07) is 5.80. The Bertz CT molecular complexity index is 712. The van der Waals surface area contributed by atoms with E-state index >= 15 is 0 Å². The standard InChI is InChI=1S/C14H18N2O5S/c1-14(2)9-15-12(17)8-16(14)22(20,21)11-5-3-4-10(6-11)7-13(18)19/h3-6H,7-9H2,1-2H3,(H,15,17)(H,18,19). The van der Waals surface area contributed by atoms with Gasteiger partial charge < -0.3 is 10.4 Å². The van der Waals surface area contributed by atoms with Crippen molar-refractivity contribution < 1.29 is 23.1 Å². The third kappa shape index (κ3) is 3.28. The summed E-state index contributed by atoms with van der Waals surface area (Å²) in [6.45, 7) is 3.43. The van der Waals surface area contributed by atoms with Crippen molar-refractivity contribution in [3.8, 4) is 0 Å². The van der Waals surface area contributed by atoms with Crippen LogP contribution >= 0.6 is 0 Å². The fourth-order valence-electron chi connectivity index (χ4n) is 2.33. The predicted octanol–water partition coefficient (Wildman–Crippen LogP) is 0.213. The van der Waals surface area contributed by atoms with E-state index in [1.807, 2.05) is 0 Å². The summed E-state index contributed by atoms with van der Waals surface area (Å²) >= 11 is 0. The van der Waals surface area contributed by atoms with Crippen LogP contribution in [0.3, 0.4) is 0 Å². The minimum absolute atomic E-state index is 0.00553. The first-order valence-electron chi connectivity index (χ1n) is 6.73. The lowest BCUT2D eigenvalue weighted by atomic mass is 10.0. The number of carbonyl (C=O) groups excluding carboxylic acids is 1. The molecule has 0 radical (unpaired) electrons. The average Bonchev–Trinajstić information content (AvgIpc) is 2.41. The number of carboxylic acids is 1. The van der Waals surface area contributed by atoms with E-state index in [0.29, 0.717) is 5.56 Å². The van der Waals surface area contributed by atoms with Gasteiger partial charge in [0.05, 0.1) is 17.9 Å². The molecule has 8 heteroatoms. The van der Waals surface area contributed by atoms with Crippen molar-refractivity contribution in [3.05, 3.63) is 29.8 Å². The molecule has 1 fully saturated rings. The Morgan fingerprint density at radius 3 is 2.73 bits per heavy atom. The van der Waals surface area contributed by atoms with Gasteiger partial charge in [-0.1, -0.05) is 12.1 Å². The number of nitrogens with zero attached hydrogens (tertiary/aromatic N) is 1. The number of nitrogens with one attached hydrogen (secondary N) is 1. The normalized spacial score (nSPS) is 18.7. The molecule has 0 spiro atoms. The highest BCUT2D eigenvalue weighted by atomic mass is 32.2. The van der Waals surface area contributed by atoms with Crippen LogP contribution in [-0.2, 0) is 26.0 Å². The maximum atomic E-state index is 12.8. The first-order chi connectivity index (χ1) is 10.1. The Balaban J connectivity index is 2.41. The third-order valence-electron chi connectivity index (χ3n) is 3.52. The summed E-state index contributed by atoms with van der Waals surface area (Å²) in [4.78, 5) is 22.3. The van der Waals surface area contributed by atoms with Crippen LogP contribution in [0.25, 0.3) is 0 Å².